The van der Waals surface area contributed by atoms with Gasteiger partial charge < -0.3 is 4.90 Å². The smallest absolute Gasteiger partial charge is 0.164 e. The van der Waals surface area contributed by atoms with Crippen molar-refractivity contribution in [2.45, 2.75) is 0 Å². The van der Waals surface area contributed by atoms with Crippen LogP contribution < -0.4 is 10.3 Å². The Bertz CT molecular complexity index is 989. The fraction of sp³-hybridized carbons (Fsp3) is 0.100. The number of halogens is 1. The van der Waals surface area contributed by atoms with Crippen molar-refractivity contribution >= 4 is 50.2 Å². The number of nitrogens with one attached hydrogen (secondary N) is 1. The van der Waals surface area contributed by atoms with Crippen molar-refractivity contribution < 1.29 is 0 Å². The zero-order valence-corrected chi connectivity index (χ0v) is 16.8. The first-order chi connectivity index (χ1) is 12.6. The number of aliphatic imine (C=N–C) groups is 1. The van der Waals surface area contributed by atoms with E-state index in [9.17, 15) is 0 Å². The van der Waals surface area contributed by atoms with Gasteiger partial charge in [0.1, 0.15) is 5.71 Å². The van der Waals surface area contributed by atoms with E-state index in [1.165, 1.54) is 0 Å². The maximum absolute atomic E-state index is 4.82. The molecule has 0 radical (unpaired) electrons. The summed E-state index contributed by atoms with van der Waals surface area (Å²) in [5.74, 6) is 0.767. The van der Waals surface area contributed by atoms with Crippen molar-refractivity contribution in [1.82, 2.24) is 5.43 Å². The van der Waals surface area contributed by atoms with Crippen molar-refractivity contribution in [3.63, 3.8) is 0 Å². The molecule has 0 atom stereocenters. The molecule has 1 N–H and O–H groups in total. The molecule has 130 valence electrons. The van der Waals surface area contributed by atoms with E-state index in [0.29, 0.717) is 0 Å². The van der Waals surface area contributed by atoms with Crippen molar-refractivity contribution in [1.29, 1.82) is 0 Å². The molecular weight excluding hydrogens is 408 g/mol. The van der Waals surface area contributed by atoms with E-state index in [0.717, 1.165) is 43.4 Å². The van der Waals surface area contributed by atoms with Crippen LogP contribution in [0.15, 0.2) is 74.5 Å². The molecule has 0 spiro atoms. The lowest BCUT2D eigenvalue weighted by Crippen LogP contribution is -2.18. The fourth-order valence-electron chi connectivity index (χ4n) is 2.77. The SMILES string of the molecule is CN(C)c1ccc(C2=NNC(c3cccs3)=Nc3ccc(Br)cc32)cc1. The van der Waals surface area contributed by atoms with E-state index >= 15 is 0 Å². The molecule has 3 aromatic rings. The van der Waals surface area contributed by atoms with E-state index in [1.807, 2.05) is 43.7 Å². The Morgan fingerprint density at radius 3 is 2.54 bits per heavy atom. The number of hydrogen-bond donors (Lipinski definition) is 1. The number of fused-ring (bicyclic) bond motifs is 1. The molecule has 0 unspecified atom stereocenters. The molecule has 6 heteroatoms. The Balaban J connectivity index is 1.82. The second-order valence-electron chi connectivity index (χ2n) is 6.11. The molecule has 4 nitrogen and oxygen atoms in total. The number of hydrogen-bond acceptors (Lipinski definition) is 5. The normalized spacial score (nSPS) is 13.2. The summed E-state index contributed by atoms with van der Waals surface area (Å²) in [6, 6.07) is 18.5. The number of rotatable bonds is 3. The summed E-state index contributed by atoms with van der Waals surface area (Å²) >= 11 is 5.21. The van der Waals surface area contributed by atoms with Crippen molar-refractivity contribution in [3.8, 4) is 0 Å². The lowest BCUT2D eigenvalue weighted by Gasteiger charge is -2.13. The molecule has 0 fully saturated rings. The first-order valence-corrected chi connectivity index (χ1v) is 9.83. The minimum Gasteiger partial charge on any atom is -0.378 e. The van der Waals surface area contributed by atoms with E-state index < -0.39 is 0 Å². The van der Waals surface area contributed by atoms with E-state index in [-0.39, 0.29) is 0 Å². The number of hydrazone groups is 1. The number of thiophene rings is 1. The van der Waals surface area contributed by atoms with Gasteiger partial charge in [-0.25, -0.2) is 4.99 Å². The van der Waals surface area contributed by atoms with Gasteiger partial charge in [0.25, 0.3) is 0 Å². The van der Waals surface area contributed by atoms with Gasteiger partial charge in [0.15, 0.2) is 5.84 Å². The number of nitrogens with zero attached hydrogens (tertiary/aromatic N) is 3. The number of benzene rings is 2. The maximum Gasteiger partial charge on any atom is 0.164 e. The second kappa shape index (κ2) is 7.05. The molecule has 0 saturated heterocycles. The zero-order valence-electron chi connectivity index (χ0n) is 14.4. The highest BCUT2D eigenvalue weighted by Crippen LogP contribution is 2.29. The van der Waals surface area contributed by atoms with Gasteiger partial charge in [-0.05, 0) is 41.8 Å². The average Bonchev–Trinajstić information content (AvgIpc) is 3.11. The molecule has 1 aliphatic rings. The first kappa shape index (κ1) is 17.0. The monoisotopic (exact) mass is 424 g/mol. The molecular formula is C20H17BrN4S. The van der Waals surface area contributed by atoms with Crippen LogP contribution >= 0.6 is 27.3 Å². The molecule has 0 saturated carbocycles. The Labute approximate surface area is 165 Å². The maximum atomic E-state index is 4.82. The summed E-state index contributed by atoms with van der Waals surface area (Å²) in [4.78, 5) is 7.96. The van der Waals surface area contributed by atoms with Crippen LogP contribution in [0, 0.1) is 0 Å². The van der Waals surface area contributed by atoms with Crippen LogP contribution in [0.1, 0.15) is 16.0 Å². The third-order valence-corrected chi connectivity index (χ3v) is 5.50. The third kappa shape index (κ3) is 3.30. The van der Waals surface area contributed by atoms with E-state index in [4.69, 9.17) is 10.1 Å². The Hall–Kier alpha value is -2.44. The van der Waals surface area contributed by atoms with Gasteiger partial charge in [0, 0.05) is 35.4 Å². The van der Waals surface area contributed by atoms with Crippen LogP contribution in [0.3, 0.4) is 0 Å². The van der Waals surface area contributed by atoms with Gasteiger partial charge in [-0.3, -0.25) is 5.43 Å². The van der Waals surface area contributed by atoms with Crippen LogP contribution in [0.2, 0.25) is 0 Å². The van der Waals surface area contributed by atoms with Crippen LogP contribution in [-0.4, -0.2) is 25.6 Å². The molecule has 1 aromatic heterocycles. The average molecular weight is 425 g/mol. The summed E-state index contributed by atoms with van der Waals surface area (Å²) in [5, 5.41) is 6.74. The van der Waals surface area contributed by atoms with Gasteiger partial charge in [0.05, 0.1) is 10.6 Å². The van der Waals surface area contributed by atoms with E-state index in [1.54, 1.807) is 11.3 Å². The lowest BCUT2D eigenvalue weighted by atomic mass is 10.0. The van der Waals surface area contributed by atoms with Gasteiger partial charge in [-0.15, -0.1) is 11.3 Å². The topological polar surface area (TPSA) is 40.0 Å². The molecule has 2 aromatic carbocycles. The number of anilines is 1. The Morgan fingerprint density at radius 2 is 1.85 bits per heavy atom. The standard InChI is InChI=1S/C20H17BrN4S/c1-25(2)15-8-5-13(6-9-15)19-16-12-14(21)7-10-17(16)22-20(24-23-19)18-4-3-11-26-18/h3-12H,1-2H3,(H,22,24). The minimum absolute atomic E-state index is 0.767. The largest absolute Gasteiger partial charge is 0.378 e. The Kier molecular flexibility index (Phi) is 4.61. The predicted octanol–water partition coefficient (Wildman–Crippen LogP) is 5.01. The summed E-state index contributed by atoms with van der Waals surface area (Å²) < 4.78 is 1.00. The lowest BCUT2D eigenvalue weighted by molar-refractivity contribution is 1.03. The van der Waals surface area contributed by atoms with Gasteiger partial charge in [-0.2, -0.15) is 5.10 Å². The predicted molar refractivity (Wildman–Crippen MR) is 114 cm³/mol. The summed E-state index contributed by atoms with van der Waals surface area (Å²) in [6.45, 7) is 0. The summed E-state index contributed by atoms with van der Waals surface area (Å²) in [7, 11) is 4.07. The third-order valence-electron chi connectivity index (χ3n) is 4.13. The van der Waals surface area contributed by atoms with Crippen LogP contribution in [0.5, 0.6) is 0 Å². The Morgan fingerprint density at radius 1 is 1.04 bits per heavy atom. The van der Waals surface area contributed by atoms with Crippen molar-refractivity contribution in [2.75, 3.05) is 19.0 Å². The molecule has 0 bridgehead atoms. The van der Waals surface area contributed by atoms with Crippen LogP contribution in [-0.2, 0) is 0 Å². The highest BCUT2D eigenvalue weighted by Gasteiger charge is 2.18. The second-order valence-corrected chi connectivity index (χ2v) is 7.98. The quantitative estimate of drug-likeness (QED) is 0.641. The van der Waals surface area contributed by atoms with Crippen LogP contribution in [0.4, 0.5) is 11.4 Å². The summed E-state index contributed by atoms with van der Waals surface area (Å²) in [6.07, 6.45) is 0. The molecule has 0 amide bonds. The van der Waals surface area contributed by atoms with Crippen molar-refractivity contribution in [2.24, 2.45) is 10.1 Å². The van der Waals surface area contributed by atoms with Crippen LogP contribution in [0.25, 0.3) is 0 Å². The zero-order chi connectivity index (χ0) is 18.1. The molecule has 2 heterocycles. The van der Waals surface area contributed by atoms with Gasteiger partial charge in [0.2, 0.25) is 0 Å². The highest BCUT2D eigenvalue weighted by atomic mass is 79.9. The molecule has 4 rings (SSSR count). The molecule has 0 aliphatic carbocycles. The summed E-state index contributed by atoms with van der Waals surface area (Å²) in [5.41, 5.74) is 8.13. The van der Waals surface area contributed by atoms with Crippen molar-refractivity contribution in [3.05, 3.63) is 80.5 Å². The molecule has 26 heavy (non-hydrogen) atoms. The molecule has 1 aliphatic heterocycles. The first-order valence-electron chi connectivity index (χ1n) is 8.16. The van der Waals surface area contributed by atoms with Gasteiger partial charge in [-0.1, -0.05) is 34.1 Å². The van der Waals surface area contributed by atoms with Gasteiger partial charge >= 0.3 is 0 Å². The minimum atomic E-state index is 0.767. The van der Waals surface area contributed by atoms with E-state index in [2.05, 4.69) is 56.6 Å². The highest BCUT2D eigenvalue weighted by molar-refractivity contribution is 9.10. The fourth-order valence-corrected chi connectivity index (χ4v) is 3.80. The number of amidine groups is 1.